The second kappa shape index (κ2) is 9.85. The summed E-state index contributed by atoms with van der Waals surface area (Å²) in [5.74, 6) is -0.898. The predicted molar refractivity (Wildman–Crippen MR) is 129 cm³/mol. The van der Waals surface area contributed by atoms with E-state index in [0.717, 1.165) is 0 Å². The minimum atomic E-state index is -0.631. The van der Waals surface area contributed by atoms with Crippen LogP contribution < -0.4 is 0 Å². The highest BCUT2D eigenvalue weighted by Gasteiger charge is 2.27. The number of esters is 1. The first-order valence-corrected chi connectivity index (χ1v) is 11.5. The zero-order valence-electron chi connectivity index (χ0n) is 18.0. The fourth-order valence-electron chi connectivity index (χ4n) is 3.88. The van der Waals surface area contributed by atoms with E-state index in [0.29, 0.717) is 40.3 Å². The molecule has 0 saturated carbocycles. The first-order valence-electron chi connectivity index (χ1n) is 10.4. The van der Waals surface area contributed by atoms with Crippen molar-refractivity contribution in [2.45, 2.75) is 26.1 Å². The molecule has 1 aliphatic rings. The number of ether oxygens (including phenoxy) is 2. The summed E-state index contributed by atoms with van der Waals surface area (Å²) in [6.07, 6.45) is -0.146. The zero-order chi connectivity index (χ0) is 23.7. The van der Waals surface area contributed by atoms with Gasteiger partial charge < -0.3 is 14.4 Å². The smallest absolute Gasteiger partial charge is 0.339 e. The van der Waals surface area contributed by atoms with E-state index in [4.69, 9.17) is 44.3 Å². The third kappa shape index (κ3) is 5.09. The van der Waals surface area contributed by atoms with Crippen molar-refractivity contribution >= 4 is 57.6 Å². The third-order valence-electron chi connectivity index (χ3n) is 5.35. The van der Waals surface area contributed by atoms with E-state index in [-0.39, 0.29) is 40.3 Å². The van der Waals surface area contributed by atoms with Crippen molar-refractivity contribution in [2.75, 3.05) is 19.7 Å². The molecule has 1 amide bonds. The molecule has 2 unspecified atom stereocenters. The first-order chi connectivity index (χ1) is 15.7. The van der Waals surface area contributed by atoms with Crippen LogP contribution in [0.1, 0.15) is 24.2 Å². The molecule has 172 valence electrons. The van der Waals surface area contributed by atoms with Crippen molar-refractivity contribution in [3.63, 3.8) is 0 Å². The minimum absolute atomic E-state index is 0.0731. The highest BCUT2D eigenvalue weighted by molar-refractivity contribution is 6.49. The number of rotatable bonds is 4. The molecule has 2 atom stereocenters. The van der Waals surface area contributed by atoms with Crippen LogP contribution >= 0.6 is 34.8 Å². The number of nitrogens with zero attached hydrogens (tertiary/aromatic N) is 2. The van der Waals surface area contributed by atoms with Crippen molar-refractivity contribution in [3.05, 3.63) is 63.1 Å². The second-order valence-corrected chi connectivity index (χ2v) is 9.09. The van der Waals surface area contributed by atoms with Gasteiger partial charge in [-0.15, -0.1) is 0 Å². The molecular weight excluding hydrogens is 487 g/mol. The summed E-state index contributed by atoms with van der Waals surface area (Å²) in [5, 5.41) is 1.35. The third-order valence-corrected chi connectivity index (χ3v) is 6.64. The van der Waals surface area contributed by atoms with Crippen LogP contribution in [0.25, 0.3) is 22.2 Å². The van der Waals surface area contributed by atoms with E-state index < -0.39 is 5.97 Å². The molecular formula is C24H21Cl3N2O4. The number of pyridine rings is 1. The molecule has 33 heavy (non-hydrogen) atoms. The average Bonchev–Trinajstić information content (AvgIpc) is 2.79. The number of amides is 1. The molecule has 6 nitrogen and oxygen atoms in total. The Labute approximate surface area is 206 Å². The van der Waals surface area contributed by atoms with Crippen LogP contribution in [0.4, 0.5) is 0 Å². The average molecular weight is 508 g/mol. The maximum absolute atomic E-state index is 13.0. The van der Waals surface area contributed by atoms with Crippen molar-refractivity contribution in [1.29, 1.82) is 0 Å². The van der Waals surface area contributed by atoms with Crippen molar-refractivity contribution in [1.82, 2.24) is 9.88 Å². The van der Waals surface area contributed by atoms with Gasteiger partial charge in [0.2, 0.25) is 0 Å². The van der Waals surface area contributed by atoms with Gasteiger partial charge in [-0.3, -0.25) is 4.79 Å². The normalized spacial score (nSPS) is 18.4. The van der Waals surface area contributed by atoms with Crippen molar-refractivity contribution < 1.29 is 19.1 Å². The monoisotopic (exact) mass is 506 g/mol. The van der Waals surface area contributed by atoms with Gasteiger partial charge in [-0.1, -0.05) is 53.0 Å². The van der Waals surface area contributed by atoms with Crippen LogP contribution in [0.5, 0.6) is 0 Å². The molecule has 0 spiro atoms. The van der Waals surface area contributed by atoms with E-state index >= 15 is 0 Å². The Morgan fingerprint density at radius 1 is 1.06 bits per heavy atom. The van der Waals surface area contributed by atoms with Crippen LogP contribution in [-0.2, 0) is 14.3 Å². The van der Waals surface area contributed by atoms with Gasteiger partial charge in [-0.25, -0.2) is 9.78 Å². The summed E-state index contributed by atoms with van der Waals surface area (Å²) in [5.41, 5.74) is 1.81. The topological polar surface area (TPSA) is 68.7 Å². The van der Waals surface area contributed by atoms with Crippen molar-refractivity contribution in [2.24, 2.45) is 0 Å². The maximum Gasteiger partial charge on any atom is 0.339 e. The highest BCUT2D eigenvalue weighted by atomic mass is 35.5. The zero-order valence-corrected chi connectivity index (χ0v) is 20.2. The molecule has 9 heteroatoms. The lowest BCUT2D eigenvalue weighted by molar-refractivity contribution is -0.146. The van der Waals surface area contributed by atoms with Crippen LogP contribution in [-0.4, -0.2) is 53.7 Å². The molecule has 1 aromatic heterocycles. The number of hydrogen-bond donors (Lipinski definition) is 0. The number of fused-ring (bicyclic) bond motifs is 1. The van der Waals surface area contributed by atoms with Gasteiger partial charge >= 0.3 is 5.97 Å². The molecule has 0 radical (unpaired) electrons. The molecule has 1 aliphatic heterocycles. The summed E-state index contributed by atoms with van der Waals surface area (Å²) < 4.78 is 11.1. The Hall–Kier alpha value is -2.38. The predicted octanol–water partition coefficient (Wildman–Crippen LogP) is 5.65. The Morgan fingerprint density at radius 3 is 2.48 bits per heavy atom. The molecule has 0 N–H and O–H groups in total. The second-order valence-electron chi connectivity index (χ2n) is 7.93. The number of halogens is 3. The van der Waals surface area contributed by atoms with Gasteiger partial charge in [0.15, 0.2) is 6.61 Å². The Balaban J connectivity index is 1.62. The van der Waals surface area contributed by atoms with Crippen LogP contribution in [0.3, 0.4) is 0 Å². The van der Waals surface area contributed by atoms with Gasteiger partial charge in [0.25, 0.3) is 5.91 Å². The summed E-state index contributed by atoms with van der Waals surface area (Å²) in [6.45, 7) is 4.36. The Morgan fingerprint density at radius 2 is 1.76 bits per heavy atom. The van der Waals surface area contributed by atoms with Crippen molar-refractivity contribution in [3.8, 4) is 11.3 Å². The van der Waals surface area contributed by atoms with Gasteiger partial charge in [0.05, 0.1) is 44.0 Å². The Kier molecular flexibility index (Phi) is 7.10. The number of carbonyl (C=O) groups excluding carboxylic acids is 2. The fourth-order valence-corrected chi connectivity index (χ4v) is 4.52. The Bertz CT molecular complexity index is 1220. The fraction of sp³-hybridized carbons (Fsp3) is 0.292. The number of para-hydroxylation sites is 1. The van der Waals surface area contributed by atoms with E-state index in [1.807, 2.05) is 19.9 Å². The lowest BCUT2D eigenvalue weighted by atomic mass is 10.0. The number of benzene rings is 2. The van der Waals surface area contributed by atoms with Gasteiger partial charge in [-0.2, -0.15) is 0 Å². The lowest BCUT2D eigenvalue weighted by Crippen LogP contribution is -2.49. The molecule has 1 fully saturated rings. The molecule has 2 heterocycles. The summed E-state index contributed by atoms with van der Waals surface area (Å²) in [7, 11) is 0. The first kappa shape index (κ1) is 23.8. The van der Waals surface area contributed by atoms with Crippen LogP contribution in [0.2, 0.25) is 15.1 Å². The summed E-state index contributed by atoms with van der Waals surface area (Å²) in [6, 6.07) is 12.0. The SMILES string of the molecule is CC1CN(C(=O)COC(=O)c2cc(-c3ccc(Cl)c(Cl)c3Cl)nc3ccccc23)CC(C)O1. The van der Waals surface area contributed by atoms with E-state index in [2.05, 4.69) is 4.98 Å². The molecule has 3 aromatic rings. The van der Waals surface area contributed by atoms with Gasteiger partial charge in [0, 0.05) is 24.0 Å². The quantitative estimate of drug-likeness (QED) is 0.337. The van der Waals surface area contributed by atoms with Crippen LogP contribution in [0.15, 0.2) is 42.5 Å². The van der Waals surface area contributed by atoms with E-state index in [1.54, 1.807) is 41.3 Å². The van der Waals surface area contributed by atoms with E-state index in [9.17, 15) is 9.59 Å². The molecule has 0 bridgehead atoms. The lowest BCUT2D eigenvalue weighted by Gasteiger charge is -2.35. The van der Waals surface area contributed by atoms with E-state index in [1.165, 1.54) is 0 Å². The molecule has 2 aromatic carbocycles. The largest absolute Gasteiger partial charge is 0.452 e. The van der Waals surface area contributed by atoms with Gasteiger partial charge in [0.1, 0.15) is 0 Å². The molecule has 1 saturated heterocycles. The maximum atomic E-state index is 13.0. The number of carbonyl (C=O) groups is 2. The standard InChI is InChI=1S/C24H21Cl3N2O4/c1-13-10-29(11-14(2)33-13)21(30)12-32-24(31)17-9-20(28-19-6-4-3-5-15(17)19)16-7-8-18(25)23(27)22(16)26/h3-9,13-14H,10-12H2,1-2H3. The summed E-state index contributed by atoms with van der Waals surface area (Å²) in [4.78, 5) is 31.9. The van der Waals surface area contributed by atoms with Crippen LogP contribution in [0, 0.1) is 0 Å². The number of aromatic nitrogens is 1. The van der Waals surface area contributed by atoms with Gasteiger partial charge in [-0.05, 0) is 38.1 Å². The number of hydrogen-bond acceptors (Lipinski definition) is 5. The summed E-state index contributed by atoms with van der Waals surface area (Å²) >= 11 is 18.6. The highest BCUT2D eigenvalue weighted by Crippen LogP contribution is 2.38. The molecule has 4 rings (SSSR count). The number of morpholine rings is 1. The molecule has 0 aliphatic carbocycles. The minimum Gasteiger partial charge on any atom is -0.452 e.